The Labute approximate surface area is 148 Å². The van der Waals surface area contributed by atoms with E-state index in [1.165, 1.54) is 20.2 Å². The lowest BCUT2D eigenvalue weighted by atomic mass is 10.1. The molecule has 2 aromatic rings. The molecule has 0 atom stereocenters. The maximum absolute atomic E-state index is 12.4. The normalized spacial score (nSPS) is 11.3. The van der Waals surface area contributed by atoms with E-state index in [0.29, 0.717) is 0 Å². The molecule has 1 amide bonds. The van der Waals surface area contributed by atoms with E-state index >= 15 is 0 Å². The Morgan fingerprint density at radius 2 is 1.96 bits per heavy atom. The average molecular weight is 364 g/mol. The quantitative estimate of drug-likeness (QED) is 0.731. The largest absolute Gasteiger partial charge is 0.506 e. The van der Waals surface area contributed by atoms with Crippen LogP contribution in [0.25, 0.3) is 11.0 Å². The Kier molecular flexibility index (Phi) is 5.15. The minimum absolute atomic E-state index is 0.0805. The fourth-order valence-electron chi connectivity index (χ4n) is 2.21. The number of hydrogen-bond donors (Lipinski definition) is 2. The summed E-state index contributed by atoms with van der Waals surface area (Å²) in [6, 6.07) is 1.35. The SMILES string of the molecule is COc1cc2c(O)c(C(=O)NCC(=O)OC(C)(C)C)c(=O)n(C)c2nn1. The van der Waals surface area contributed by atoms with Crippen molar-refractivity contribution < 1.29 is 24.2 Å². The first-order valence-electron chi connectivity index (χ1n) is 7.68. The summed E-state index contributed by atoms with van der Waals surface area (Å²) in [7, 11) is 2.75. The summed E-state index contributed by atoms with van der Waals surface area (Å²) in [5, 5.41) is 20.3. The van der Waals surface area contributed by atoms with E-state index in [4.69, 9.17) is 9.47 Å². The van der Waals surface area contributed by atoms with Crippen molar-refractivity contribution in [2.45, 2.75) is 26.4 Å². The Morgan fingerprint density at radius 1 is 1.31 bits per heavy atom. The van der Waals surface area contributed by atoms with E-state index in [1.54, 1.807) is 20.8 Å². The van der Waals surface area contributed by atoms with Crippen molar-refractivity contribution in [1.29, 1.82) is 0 Å². The van der Waals surface area contributed by atoms with Gasteiger partial charge in [-0.2, -0.15) is 0 Å². The highest BCUT2D eigenvalue weighted by molar-refractivity contribution is 6.02. The number of aryl methyl sites for hydroxylation is 1. The van der Waals surface area contributed by atoms with Crippen molar-refractivity contribution in [2.24, 2.45) is 7.05 Å². The number of hydrogen-bond acceptors (Lipinski definition) is 8. The van der Waals surface area contributed by atoms with Crippen molar-refractivity contribution in [3.8, 4) is 11.6 Å². The first kappa shape index (κ1) is 19.2. The molecule has 0 spiro atoms. The number of carbonyl (C=O) groups excluding carboxylic acids is 2. The molecular weight excluding hydrogens is 344 g/mol. The highest BCUT2D eigenvalue weighted by Crippen LogP contribution is 2.26. The first-order chi connectivity index (χ1) is 12.0. The molecule has 10 nitrogen and oxygen atoms in total. The second-order valence-corrected chi connectivity index (χ2v) is 6.48. The minimum atomic E-state index is -0.911. The number of nitrogens with one attached hydrogen (secondary N) is 1. The summed E-state index contributed by atoms with van der Waals surface area (Å²) in [5.74, 6) is -2.05. The molecule has 140 valence electrons. The summed E-state index contributed by atoms with van der Waals surface area (Å²) in [5.41, 5.74) is -1.93. The Balaban J connectivity index is 2.38. The van der Waals surface area contributed by atoms with Gasteiger partial charge in [-0.1, -0.05) is 0 Å². The van der Waals surface area contributed by atoms with E-state index in [9.17, 15) is 19.5 Å². The smallest absolute Gasteiger partial charge is 0.325 e. The predicted octanol–water partition coefficient (Wildman–Crippen LogP) is 0.114. The monoisotopic (exact) mass is 364 g/mol. The predicted molar refractivity (Wildman–Crippen MR) is 91.2 cm³/mol. The number of nitrogens with zero attached hydrogens (tertiary/aromatic N) is 3. The van der Waals surface area contributed by atoms with E-state index in [0.717, 1.165) is 4.57 Å². The molecule has 10 heteroatoms. The number of rotatable bonds is 4. The summed E-state index contributed by atoms with van der Waals surface area (Å²) in [4.78, 5) is 36.5. The molecule has 0 unspecified atom stereocenters. The third-order valence-electron chi connectivity index (χ3n) is 3.33. The van der Waals surface area contributed by atoms with Crippen molar-refractivity contribution in [2.75, 3.05) is 13.7 Å². The van der Waals surface area contributed by atoms with E-state index in [-0.39, 0.29) is 16.9 Å². The van der Waals surface area contributed by atoms with Gasteiger partial charge in [0.1, 0.15) is 23.5 Å². The fraction of sp³-hybridized carbons (Fsp3) is 0.438. The Morgan fingerprint density at radius 3 is 2.54 bits per heavy atom. The van der Waals surface area contributed by atoms with E-state index in [1.807, 2.05) is 0 Å². The van der Waals surface area contributed by atoms with Crippen molar-refractivity contribution in [3.05, 3.63) is 22.0 Å². The van der Waals surface area contributed by atoms with Gasteiger partial charge < -0.3 is 19.9 Å². The molecule has 2 heterocycles. The van der Waals surface area contributed by atoms with E-state index < -0.39 is 40.9 Å². The second kappa shape index (κ2) is 6.98. The molecule has 0 aromatic carbocycles. The zero-order valence-corrected chi connectivity index (χ0v) is 15.1. The molecular formula is C16H20N4O6. The van der Waals surface area contributed by atoms with Crippen LogP contribution in [-0.2, 0) is 16.6 Å². The van der Waals surface area contributed by atoms with Crippen LogP contribution in [0.5, 0.6) is 11.6 Å². The molecule has 2 rings (SSSR count). The van der Waals surface area contributed by atoms with Crippen LogP contribution < -0.4 is 15.6 Å². The topological polar surface area (TPSA) is 133 Å². The van der Waals surface area contributed by atoms with Crippen molar-refractivity contribution >= 4 is 22.9 Å². The van der Waals surface area contributed by atoms with Gasteiger partial charge in [-0.15, -0.1) is 10.2 Å². The van der Waals surface area contributed by atoms with Gasteiger partial charge in [0, 0.05) is 13.1 Å². The molecule has 2 N–H and O–H groups in total. The van der Waals surface area contributed by atoms with Crippen LogP contribution in [0.4, 0.5) is 0 Å². The van der Waals surface area contributed by atoms with Gasteiger partial charge in [-0.25, -0.2) is 0 Å². The zero-order valence-electron chi connectivity index (χ0n) is 15.1. The van der Waals surface area contributed by atoms with Gasteiger partial charge in [0.25, 0.3) is 11.5 Å². The van der Waals surface area contributed by atoms with E-state index in [2.05, 4.69) is 15.5 Å². The molecule has 26 heavy (non-hydrogen) atoms. The third-order valence-corrected chi connectivity index (χ3v) is 3.33. The van der Waals surface area contributed by atoms with Crippen LogP contribution >= 0.6 is 0 Å². The lowest BCUT2D eigenvalue weighted by Gasteiger charge is -2.19. The zero-order chi connectivity index (χ0) is 19.6. The average Bonchev–Trinajstić information content (AvgIpc) is 2.56. The second-order valence-electron chi connectivity index (χ2n) is 6.48. The number of fused-ring (bicyclic) bond motifs is 1. The highest BCUT2D eigenvalue weighted by atomic mass is 16.6. The van der Waals surface area contributed by atoms with Crippen LogP contribution in [0.2, 0.25) is 0 Å². The van der Waals surface area contributed by atoms with Crippen molar-refractivity contribution in [3.63, 3.8) is 0 Å². The number of ether oxygens (including phenoxy) is 2. The van der Waals surface area contributed by atoms with Crippen LogP contribution in [-0.4, -0.2) is 51.0 Å². The number of amides is 1. The van der Waals surface area contributed by atoms with Gasteiger partial charge in [0.15, 0.2) is 5.65 Å². The van der Waals surface area contributed by atoms with Crippen LogP contribution in [0.1, 0.15) is 31.1 Å². The van der Waals surface area contributed by atoms with Crippen molar-refractivity contribution in [1.82, 2.24) is 20.1 Å². The number of aromatic hydroxyl groups is 1. The molecule has 0 aliphatic rings. The molecule has 0 radical (unpaired) electrons. The lowest BCUT2D eigenvalue weighted by molar-refractivity contribution is -0.153. The number of esters is 1. The van der Waals surface area contributed by atoms with Gasteiger partial charge in [-0.05, 0) is 20.8 Å². The number of methoxy groups -OCH3 is 1. The first-order valence-corrected chi connectivity index (χ1v) is 7.68. The standard InChI is InChI=1S/C16H20N4O6/c1-16(2,3)26-10(21)7-17-14(23)11-12(22)8-6-9(25-5)18-19-13(8)20(4)15(11)24/h6,22H,7H2,1-5H3,(H,17,23). The van der Waals surface area contributed by atoms with Crippen LogP contribution in [0.3, 0.4) is 0 Å². The van der Waals surface area contributed by atoms with Crippen LogP contribution in [0, 0.1) is 0 Å². The Hall–Kier alpha value is -3.17. The molecule has 0 fully saturated rings. The molecule has 0 bridgehead atoms. The Bertz CT molecular complexity index is 929. The van der Waals surface area contributed by atoms with Gasteiger partial charge in [0.2, 0.25) is 5.88 Å². The third kappa shape index (κ3) is 3.90. The summed E-state index contributed by atoms with van der Waals surface area (Å²) in [6.07, 6.45) is 0. The molecule has 0 aliphatic heterocycles. The van der Waals surface area contributed by atoms with Gasteiger partial charge in [-0.3, -0.25) is 19.0 Å². The number of pyridine rings is 1. The molecule has 0 saturated carbocycles. The molecule has 2 aromatic heterocycles. The maximum Gasteiger partial charge on any atom is 0.325 e. The maximum atomic E-state index is 12.4. The van der Waals surface area contributed by atoms with Gasteiger partial charge in [0.05, 0.1) is 12.5 Å². The number of carbonyl (C=O) groups is 2. The lowest BCUT2D eigenvalue weighted by Crippen LogP contribution is -2.37. The highest BCUT2D eigenvalue weighted by Gasteiger charge is 2.24. The summed E-state index contributed by atoms with van der Waals surface area (Å²) < 4.78 is 11.1. The molecule has 0 saturated heterocycles. The minimum Gasteiger partial charge on any atom is -0.506 e. The summed E-state index contributed by atoms with van der Waals surface area (Å²) in [6.45, 7) is 4.61. The van der Waals surface area contributed by atoms with Crippen LogP contribution in [0.15, 0.2) is 10.9 Å². The fourth-order valence-corrected chi connectivity index (χ4v) is 2.21. The number of aromatic nitrogens is 3. The molecule has 0 aliphatic carbocycles. The summed E-state index contributed by atoms with van der Waals surface area (Å²) >= 11 is 0. The van der Waals surface area contributed by atoms with Gasteiger partial charge >= 0.3 is 5.97 Å².